The Balaban J connectivity index is 1.78. The minimum Gasteiger partial charge on any atom is -0.384 e. The second kappa shape index (κ2) is 8.44. The minimum absolute atomic E-state index is 0.266. The molecule has 156 valence electrons. The Hall–Kier alpha value is -3.93. The van der Waals surface area contributed by atoms with Crippen molar-refractivity contribution in [1.29, 1.82) is 0 Å². The lowest BCUT2D eigenvalue weighted by molar-refractivity contribution is 0.689. The monoisotopic (exact) mass is 411 g/mol. The number of hydrogen-bond donors (Lipinski definition) is 1. The number of aryl methyl sites for hydroxylation is 3. The lowest BCUT2D eigenvalue weighted by atomic mass is 10.0. The Labute approximate surface area is 181 Å². The lowest BCUT2D eigenvalue weighted by Gasteiger charge is -2.05. The lowest BCUT2D eigenvalue weighted by Crippen LogP contribution is -2.19. The average Bonchev–Trinajstić information content (AvgIpc) is 3.12. The topological polar surface area (TPSA) is 78.2 Å². The van der Waals surface area contributed by atoms with Crippen LogP contribution in [0.25, 0.3) is 11.3 Å². The number of nitrogen functional groups attached to an aromatic ring is 1. The van der Waals surface area contributed by atoms with E-state index in [1.54, 1.807) is 12.3 Å². The molecule has 6 heteroatoms. The van der Waals surface area contributed by atoms with Gasteiger partial charge in [-0.2, -0.15) is 14.9 Å². The molecule has 2 N–H and O–H groups in total. The van der Waals surface area contributed by atoms with Gasteiger partial charge in [0.2, 0.25) is 0 Å². The van der Waals surface area contributed by atoms with Crippen LogP contribution in [0.5, 0.6) is 0 Å². The third-order valence-electron chi connectivity index (χ3n) is 5.25. The molecular formula is C25H25N5O. The molecule has 0 unspecified atom stereocenters. The summed E-state index contributed by atoms with van der Waals surface area (Å²) in [5.74, 6) is 0.297. The summed E-state index contributed by atoms with van der Waals surface area (Å²) in [5.41, 5.74) is 12.7. The van der Waals surface area contributed by atoms with Gasteiger partial charge < -0.3 is 5.73 Å². The van der Waals surface area contributed by atoms with Crippen molar-refractivity contribution >= 4 is 12.0 Å². The van der Waals surface area contributed by atoms with Gasteiger partial charge in [0.15, 0.2) is 0 Å². The van der Waals surface area contributed by atoms with E-state index in [4.69, 9.17) is 10.8 Å². The molecule has 2 aromatic heterocycles. The molecule has 2 aromatic carbocycles. The molecular weight excluding hydrogens is 386 g/mol. The smallest absolute Gasteiger partial charge is 0.273 e. The zero-order valence-electron chi connectivity index (χ0n) is 17.9. The van der Waals surface area contributed by atoms with Gasteiger partial charge in [0.25, 0.3) is 5.56 Å². The number of hydrogen-bond acceptors (Lipinski definition) is 4. The van der Waals surface area contributed by atoms with Crippen LogP contribution < -0.4 is 11.3 Å². The van der Waals surface area contributed by atoms with Gasteiger partial charge in [0.1, 0.15) is 11.5 Å². The van der Waals surface area contributed by atoms with Crippen LogP contribution in [0, 0.1) is 20.8 Å². The van der Waals surface area contributed by atoms with E-state index >= 15 is 0 Å². The number of pyridine rings is 1. The molecule has 0 atom stereocenters. The minimum atomic E-state index is -0.266. The molecule has 6 nitrogen and oxygen atoms in total. The van der Waals surface area contributed by atoms with E-state index in [9.17, 15) is 4.79 Å². The number of aromatic nitrogens is 3. The molecule has 4 rings (SSSR count). The molecule has 0 bridgehead atoms. The van der Waals surface area contributed by atoms with Crippen LogP contribution in [0.4, 0.5) is 5.82 Å². The predicted molar refractivity (Wildman–Crippen MR) is 126 cm³/mol. The van der Waals surface area contributed by atoms with Gasteiger partial charge in [-0.05, 0) is 55.2 Å². The van der Waals surface area contributed by atoms with Crippen LogP contribution in [0.2, 0.25) is 0 Å². The van der Waals surface area contributed by atoms with Crippen molar-refractivity contribution in [3.05, 3.63) is 105 Å². The van der Waals surface area contributed by atoms with E-state index in [-0.39, 0.29) is 5.56 Å². The van der Waals surface area contributed by atoms with Crippen molar-refractivity contribution in [2.24, 2.45) is 5.10 Å². The first-order valence-corrected chi connectivity index (χ1v) is 10.1. The SMILES string of the molecule is Cc1cc(N)n(/N=C\c2cn(Cc3ccccc3)nc2-c2ccc(C)c(C)c2)c(=O)c1. The molecule has 0 fully saturated rings. The van der Waals surface area contributed by atoms with E-state index in [0.29, 0.717) is 12.4 Å². The summed E-state index contributed by atoms with van der Waals surface area (Å²) in [5, 5.41) is 9.19. The summed E-state index contributed by atoms with van der Waals surface area (Å²) >= 11 is 0. The molecule has 0 radical (unpaired) electrons. The summed E-state index contributed by atoms with van der Waals surface area (Å²) in [7, 11) is 0. The fourth-order valence-corrected chi connectivity index (χ4v) is 3.46. The van der Waals surface area contributed by atoms with Crippen LogP contribution in [0.15, 0.2) is 76.8 Å². The highest BCUT2D eigenvalue weighted by Crippen LogP contribution is 2.24. The largest absolute Gasteiger partial charge is 0.384 e. The van der Waals surface area contributed by atoms with Gasteiger partial charge in [-0.25, -0.2) is 0 Å². The fraction of sp³-hybridized carbons (Fsp3) is 0.160. The van der Waals surface area contributed by atoms with Gasteiger partial charge >= 0.3 is 0 Å². The van der Waals surface area contributed by atoms with E-state index in [1.165, 1.54) is 21.9 Å². The number of nitrogens with zero attached hydrogens (tertiary/aromatic N) is 4. The number of anilines is 1. The van der Waals surface area contributed by atoms with Crippen LogP contribution in [0.1, 0.15) is 27.8 Å². The zero-order valence-corrected chi connectivity index (χ0v) is 17.9. The normalized spacial score (nSPS) is 11.3. The van der Waals surface area contributed by atoms with Gasteiger partial charge in [-0.1, -0.05) is 42.5 Å². The molecule has 0 saturated carbocycles. The summed E-state index contributed by atoms with van der Waals surface area (Å²) in [4.78, 5) is 12.3. The van der Waals surface area contributed by atoms with Crippen molar-refractivity contribution in [3.63, 3.8) is 0 Å². The fourth-order valence-electron chi connectivity index (χ4n) is 3.46. The third kappa shape index (κ3) is 4.48. The van der Waals surface area contributed by atoms with E-state index < -0.39 is 0 Å². The molecule has 2 heterocycles. The molecule has 0 saturated heterocycles. The quantitative estimate of drug-likeness (QED) is 0.501. The van der Waals surface area contributed by atoms with Crippen molar-refractivity contribution < 1.29 is 0 Å². The molecule has 0 aliphatic rings. The van der Waals surface area contributed by atoms with Crippen molar-refractivity contribution in [2.45, 2.75) is 27.3 Å². The highest BCUT2D eigenvalue weighted by atomic mass is 16.1. The molecule has 0 aliphatic heterocycles. The first-order chi connectivity index (χ1) is 14.9. The summed E-state index contributed by atoms with van der Waals surface area (Å²) in [6.45, 7) is 6.64. The first-order valence-electron chi connectivity index (χ1n) is 10.1. The Bertz CT molecular complexity index is 1320. The zero-order chi connectivity index (χ0) is 22.0. The maximum absolute atomic E-state index is 12.3. The maximum Gasteiger partial charge on any atom is 0.273 e. The van der Waals surface area contributed by atoms with Crippen LogP contribution in [-0.4, -0.2) is 20.7 Å². The van der Waals surface area contributed by atoms with Gasteiger partial charge in [-0.3, -0.25) is 9.48 Å². The number of benzene rings is 2. The summed E-state index contributed by atoms with van der Waals surface area (Å²) in [6, 6.07) is 19.7. The number of rotatable bonds is 5. The standard InChI is InChI=1S/C25H25N5O/c1-17-11-23(26)30(24(31)12-17)27-14-22-16-29(15-20-7-5-4-6-8-20)28-25(22)21-10-9-18(2)19(3)13-21/h4-14,16H,15,26H2,1-3H3/b27-14-. The highest BCUT2D eigenvalue weighted by Gasteiger charge is 2.12. The summed E-state index contributed by atoms with van der Waals surface area (Å²) < 4.78 is 3.09. The third-order valence-corrected chi connectivity index (χ3v) is 5.25. The van der Waals surface area contributed by atoms with Crippen LogP contribution >= 0.6 is 0 Å². The second-order valence-corrected chi connectivity index (χ2v) is 7.77. The van der Waals surface area contributed by atoms with E-state index in [1.807, 2.05) is 36.0 Å². The first kappa shape index (κ1) is 20.3. The van der Waals surface area contributed by atoms with Gasteiger partial charge in [-0.15, -0.1) is 0 Å². The molecule has 0 aliphatic carbocycles. The second-order valence-electron chi connectivity index (χ2n) is 7.77. The Morgan fingerprint density at radius 1 is 1.00 bits per heavy atom. The Morgan fingerprint density at radius 2 is 1.77 bits per heavy atom. The molecule has 0 spiro atoms. The van der Waals surface area contributed by atoms with Crippen molar-refractivity contribution in [3.8, 4) is 11.3 Å². The van der Waals surface area contributed by atoms with Crippen molar-refractivity contribution in [1.82, 2.24) is 14.5 Å². The number of nitrogens with two attached hydrogens (primary N) is 1. The van der Waals surface area contributed by atoms with Crippen LogP contribution in [-0.2, 0) is 6.54 Å². The molecule has 0 amide bonds. The van der Waals surface area contributed by atoms with E-state index in [2.05, 4.69) is 49.3 Å². The average molecular weight is 412 g/mol. The van der Waals surface area contributed by atoms with Gasteiger partial charge in [0.05, 0.1) is 12.8 Å². The summed E-state index contributed by atoms with van der Waals surface area (Å²) in [6.07, 6.45) is 3.59. The predicted octanol–water partition coefficient (Wildman–Crippen LogP) is 4.15. The molecule has 31 heavy (non-hydrogen) atoms. The molecule has 4 aromatic rings. The van der Waals surface area contributed by atoms with E-state index in [0.717, 1.165) is 27.9 Å². The highest BCUT2D eigenvalue weighted by molar-refractivity contribution is 5.88. The van der Waals surface area contributed by atoms with Crippen molar-refractivity contribution in [2.75, 3.05) is 5.73 Å². The maximum atomic E-state index is 12.3. The van der Waals surface area contributed by atoms with Crippen LogP contribution in [0.3, 0.4) is 0 Å². The Morgan fingerprint density at radius 3 is 2.48 bits per heavy atom. The van der Waals surface area contributed by atoms with Gasteiger partial charge in [0, 0.05) is 23.4 Å². The Kier molecular flexibility index (Phi) is 5.54.